The number of hydrogen-bond donors (Lipinski definition) is 1. The number of nitrogens with zero attached hydrogens (tertiary/aromatic N) is 2. The molecule has 0 fully saturated rings. The molecule has 1 N–H and O–H groups in total. The van der Waals surface area contributed by atoms with Gasteiger partial charge in [0.05, 0.1) is 17.0 Å². The van der Waals surface area contributed by atoms with Crippen molar-refractivity contribution in [3.63, 3.8) is 0 Å². The Bertz CT molecular complexity index is 470. The van der Waals surface area contributed by atoms with Crippen LogP contribution in [0.4, 0.5) is 0 Å². The van der Waals surface area contributed by atoms with Crippen LogP contribution in [0.1, 0.15) is 57.1 Å². The molecule has 2 atom stereocenters. The van der Waals surface area contributed by atoms with Gasteiger partial charge in [-0.2, -0.15) is 11.8 Å². The van der Waals surface area contributed by atoms with E-state index in [-0.39, 0.29) is 0 Å². The zero-order valence-electron chi connectivity index (χ0n) is 12.6. The third-order valence-electron chi connectivity index (χ3n) is 3.80. The number of fused-ring (bicyclic) bond motifs is 1. The van der Waals surface area contributed by atoms with Crippen LogP contribution in [-0.2, 0) is 12.8 Å². The first-order valence-corrected chi connectivity index (χ1v) is 8.54. The maximum atomic E-state index is 9.32. The van der Waals surface area contributed by atoms with E-state index in [2.05, 4.69) is 31.1 Å². The molecule has 5 heteroatoms. The summed E-state index contributed by atoms with van der Waals surface area (Å²) in [6, 6.07) is 0. The van der Waals surface area contributed by atoms with Crippen molar-refractivity contribution >= 4 is 17.5 Å². The molecular formula is C15H24N2O2S. The van der Waals surface area contributed by atoms with E-state index in [0.717, 1.165) is 60.6 Å². The first-order chi connectivity index (χ1) is 9.69. The zero-order chi connectivity index (χ0) is 14.5. The Morgan fingerprint density at radius 3 is 2.90 bits per heavy atom. The highest BCUT2D eigenvalue weighted by Crippen LogP contribution is 2.33. The second-order valence-electron chi connectivity index (χ2n) is 5.50. The molecule has 112 valence electrons. The minimum absolute atomic E-state index is 0.491. The maximum Gasteiger partial charge on any atom is 0.146 e. The van der Waals surface area contributed by atoms with Crippen molar-refractivity contribution in [1.29, 1.82) is 0 Å². The molecule has 1 aromatic heterocycles. The third kappa shape index (κ3) is 3.37. The highest BCUT2D eigenvalue weighted by Gasteiger charge is 2.31. The van der Waals surface area contributed by atoms with E-state index in [0.29, 0.717) is 11.2 Å². The minimum Gasteiger partial charge on any atom is -0.411 e. The Morgan fingerprint density at radius 1 is 1.45 bits per heavy atom. The smallest absolute Gasteiger partial charge is 0.146 e. The molecule has 2 rings (SSSR count). The monoisotopic (exact) mass is 296 g/mol. The van der Waals surface area contributed by atoms with Crippen molar-refractivity contribution in [2.24, 2.45) is 11.1 Å². The normalized spacial score (nSPS) is 21.9. The molecule has 1 aromatic rings. The van der Waals surface area contributed by atoms with Gasteiger partial charge in [-0.25, -0.2) is 0 Å². The van der Waals surface area contributed by atoms with E-state index in [1.54, 1.807) is 0 Å². The van der Waals surface area contributed by atoms with Crippen LogP contribution in [0.25, 0.3) is 0 Å². The van der Waals surface area contributed by atoms with Gasteiger partial charge in [0.25, 0.3) is 0 Å². The maximum absolute atomic E-state index is 9.32. The minimum atomic E-state index is 0.491. The number of aromatic nitrogens is 1. The highest BCUT2D eigenvalue weighted by atomic mass is 32.2. The fourth-order valence-electron chi connectivity index (χ4n) is 3.03. The van der Waals surface area contributed by atoms with Gasteiger partial charge >= 0.3 is 0 Å². The first-order valence-electron chi connectivity index (χ1n) is 7.49. The van der Waals surface area contributed by atoms with Crippen LogP contribution >= 0.6 is 11.8 Å². The molecule has 1 aliphatic rings. The molecule has 0 radical (unpaired) electrons. The van der Waals surface area contributed by atoms with Crippen LogP contribution in [0, 0.1) is 5.92 Å². The Morgan fingerprint density at radius 2 is 2.25 bits per heavy atom. The average molecular weight is 296 g/mol. The second kappa shape index (κ2) is 7.16. The lowest BCUT2D eigenvalue weighted by atomic mass is 9.83. The molecule has 0 spiro atoms. The molecule has 0 unspecified atom stereocenters. The molecule has 0 saturated carbocycles. The zero-order valence-corrected chi connectivity index (χ0v) is 13.4. The fraction of sp³-hybridized carbons (Fsp3) is 0.733. The number of thioether (sulfide) groups is 1. The molecular weight excluding hydrogens is 272 g/mol. The molecule has 1 aliphatic carbocycles. The summed E-state index contributed by atoms with van der Waals surface area (Å²) in [5.74, 6) is 2.54. The Hall–Kier alpha value is -0.970. The quantitative estimate of drug-likeness (QED) is 0.639. The molecule has 20 heavy (non-hydrogen) atoms. The number of rotatable bonds is 6. The number of oxime groups is 1. The first kappa shape index (κ1) is 15.4. The summed E-state index contributed by atoms with van der Waals surface area (Å²) >= 11 is 1.98. The van der Waals surface area contributed by atoms with Gasteiger partial charge < -0.3 is 9.73 Å². The lowest BCUT2D eigenvalue weighted by Crippen LogP contribution is -2.23. The van der Waals surface area contributed by atoms with Gasteiger partial charge in [-0.1, -0.05) is 37.5 Å². The highest BCUT2D eigenvalue weighted by molar-refractivity contribution is 7.99. The Labute approximate surface area is 125 Å². The van der Waals surface area contributed by atoms with Crippen LogP contribution in [0.3, 0.4) is 0 Å². The van der Waals surface area contributed by atoms with Crippen molar-refractivity contribution < 1.29 is 9.73 Å². The van der Waals surface area contributed by atoms with Gasteiger partial charge in [0, 0.05) is 11.7 Å². The van der Waals surface area contributed by atoms with Gasteiger partial charge in [-0.15, -0.1) is 0 Å². The van der Waals surface area contributed by atoms with Crippen molar-refractivity contribution in [2.75, 3.05) is 5.75 Å². The van der Waals surface area contributed by atoms with Gasteiger partial charge in [0.2, 0.25) is 0 Å². The molecule has 0 amide bonds. The Balaban J connectivity index is 2.14. The van der Waals surface area contributed by atoms with E-state index in [4.69, 9.17) is 4.52 Å². The van der Waals surface area contributed by atoms with Crippen molar-refractivity contribution in [2.45, 2.75) is 58.1 Å². The summed E-state index contributed by atoms with van der Waals surface area (Å²) in [6.45, 7) is 6.57. The summed E-state index contributed by atoms with van der Waals surface area (Å²) in [5, 5.41) is 17.6. The topological polar surface area (TPSA) is 58.6 Å². The van der Waals surface area contributed by atoms with Gasteiger partial charge in [0.1, 0.15) is 5.76 Å². The predicted octanol–water partition coefficient (Wildman–Crippen LogP) is 3.90. The lowest BCUT2D eigenvalue weighted by molar-refractivity contribution is 0.310. The molecule has 0 saturated heterocycles. The molecule has 1 heterocycles. The van der Waals surface area contributed by atoms with E-state index in [1.165, 1.54) is 0 Å². The van der Waals surface area contributed by atoms with E-state index < -0.39 is 0 Å². The van der Waals surface area contributed by atoms with Crippen molar-refractivity contribution in [3.05, 3.63) is 17.0 Å². The van der Waals surface area contributed by atoms with Gasteiger partial charge in [-0.3, -0.25) is 0 Å². The summed E-state index contributed by atoms with van der Waals surface area (Å²) in [6.07, 6.45) is 4.77. The van der Waals surface area contributed by atoms with E-state index in [9.17, 15) is 5.21 Å². The standard InChI is InChI=1S/C15H24N2O2S/c1-4-6-12-15-13(16-18)8-11(7-10(3)20-5-2)9-14(15)19-17-12/h10-11,18H,4-9H2,1-3H3/b16-13+/t10-,11-/m1/s1. The van der Waals surface area contributed by atoms with Crippen LogP contribution in [0.5, 0.6) is 0 Å². The number of hydrogen-bond acceptors (Lipinski definition) is 5. The van der Waals surface area contributed by atoms with E-state index >= 15 is 0 Å². The summed E-state index contributed by atoms with van der Waals surface area (Å²) in [5.41, 5.74) is 2.68. The third-order valence-corrected chi connectivity index (χ3v) is 4.90. The Kier molecular flexibility index (Phi) is 5.52. The molecule has 0 aliphatic heterocycles. The molecule has 4 nitrogen and oxygen atoms in total. The summed E-state index contributed by atoms with van der Waals surface area (Å²) in [7, 11) is 0. The molecule has 0 bridgehead atoms. The van der Waals surface area contributed by atoms with Crippen LogP contribution in [0.15, 0.2) is 9.68 Å². The fourth-order valence-corrected chi connectivity index (χ4v) is 4.00. The summed E-state index contributed by atoms with van der Waals surface area (Å²) < 4.78 is 5.49. The SMILES string of the molecule is CCCc1noc2c1/C(=N/O)C[C@@H](C[C@@H](C)SCC)C2. The second-order valence-corrected chi connectivity index (χ2v) is 7.22. The van der Waals surface area contributed by atoms with Crippen molar-refractivity contribution in [3.8, 4) is 0 Å². The lowest BCUT2D eigenvalue weighted by Gasteiger charge is -2.24. The largest absolute Gasteiger partial charge is 0.411 e. The summed E-state index contributed by atoms with van der Waals surface area (Å²) in [4.78, 5) is 0. The average Bonchev–Trinajstić information content (AvgIpc) is 2.82. The van der Waals surface area contributed by atoms with E-state index in [1.807, 2.05) is 11.8 Å². The van der Waals surface area contributed by atoms with Gasteiger partial charge in [-0.05, 0) is 30.9 Å². The molecule has 0 aromatic carbocycles. The van der Waals surface area contributed by atoms with Crippen LogP contribution < -0.4 is 0 Å². The van der Waals surface area contributed by atoms with Crippen LogP contribution in [0.2, 0.25) is 0 Å². The van der Waals surface area contributed by atoms with Gasteiger partial charge in [0.15, 0.2) is 0 Å². The van der Waals surface area contributed by atoms with Crippen molar-refractivity contribution in [1.82, 2.24) is 5.16 Å². The predicted molar refractivity (Wildman–Crippen MR) is 82.8 cm³/mol. The van der Waals surface area contributed by atoms with Crippen LogP contribution in [-0.4, -0.2) is 27.1 Å². The number of aryl methyl sites for hydroxylation is 1.